The predicted octanol–water partition coefficient (Wildman–Crippen LogP) is 3.29. The third-order valence-electron chi connectivity index (χ3n) is 4.50. The highest BCUT2D eigenvalue weighted by Crippen LogP contribution is 2.21. The quantitative estimate of drug-likeness (QED) is 0.386. The van der Waals surface area contributed by atoms with Gasteiger partial charge in [0.15, 0.2) is 5.96 Å². The van der Waals surface area contributed by atoms with Crippen molar-refractivity contribution in [3.05, 3.63) is 34.9 Å². The Balaban J connectivity index is 0.00000312. The van der Waals surface area contributed by atoms with E-state index in [9.17, 15) is 0 Å². The number of aliphatic imine (C=N–C) groups is 1. The Bertz CT molecular complexity index is 558. The Morgan fingerprint density at radius 2 is 2.12 bits per heavy atom. The second-order valence-electron chi connectivity index (χ2n) is 6.35. The molecular weight excluding hydrogens is 451 g/mol. The highest BCUT2D eigenvalue weighted by molar-refractivity contribution is 14.0. The van der Waals surface area contributed by atoms with Crippen LogP contribution in [0.25, 0.3) is 0 Å². The largest absolute Gasteiger partial charge is 0.379 e. The molecule has 0 radical (unpaired) electrons. The molecule has 142 valence electrons. The summed E-state index contributed by atoms with van der Waals surface area (Å²) >= 11 is 6.27. The maximum absolute atomic E-state index is 6.27. The first kappa shape index (κ1) is 22.5. The Morgan fingerprint density at radius 3 is 2.76 bits per heavy atom. The second kappa shape index (κ2) is 11.2. The van der Waals surface area contributed by atoms with Gasteiger partial charge in [0.1, 0.15) is 0 Å². The van der Waals surface area contributed by atoms with E-state index in [-0.39, 0.29) is 30.0 Å². The molecule has 1 saturated heterocycles. The fourth-order valence-corrected chi connectivity index (χ4v) is 3.36. The SMILES string of the molecule is CN=C(NCC(C)N1CCOCC1C)NC(C)c1ccccc1Cl.I. The van der Waals surface area contributed by atoms with E-state index in [1.165, 1.54) is 0 Å². The molecule has 0 aliphatic carbocycles. The summed E-state index contributed by atoms with van der Waals surface area (Å²) in [5.41, 5.74) is 1.07. The van der Waals surface area contributed by atoms with Gasteiger partial charge in [-0.25, -0.2) is 0 Å². The van der Waals surface area contributed by atoms with E-state index in [1.54, 1.807) is 7.05 Å². The molecule has 2 rings (SSSR count). The third kappa shape index (κ3) is 6.58. The van der Waals surface area contributed by atoms with Gasteiger partial charge >= 0.3 is 0 Å². The Hall–Kier alpha value is -0.570. The van der Waals surface area contributed by atoms with E-state index in [4.69, 9.17) is 16.3 Å². The van der Waals surface area contributed by atoms with Gasteiger partial charge in [0.05, 0.1) is 19.3 Å². The summed E-state index contributed by atoms with van der Waals surface area (Å²) in [5.74, 6) is 0.787. The van der Waals surface area contributed by atoms with Crippen molar-refractivity contribution in [2.75, 3.05) is 33.4 Å². The van der Waals surface area contributed by atoms with E-state index in [1.807, 2.05) is 24.3 Å². The first-order valence-corrected chi connectivity index (χ1v) is 8.95. The molecule has 2 N–H and O–H groups in total. The predicted molar refractivity (Wildman–Crippen MR) is 116 cm³/mol. The fourth-order valence-electron chi connectivity index (χ4n) is 3.06. The molecule has 3 unspecified atom stereocenters. The molecule has 25 heavy (non-hydrogen) atoms. The average molecular weight is 481 g/mol. The molecule has 3 atom stereocenters. The van der Waals surface area contributed by atoms with E-state index in [0.29, 0.717) is 12.1 Å². The van der Waals surface area contributed by atoms with Crippen molar-refractivity contribution >= 4 is 41.5 Å². The van der Waals surface area contributed by atoms with Crippen LogP contribution < -0.4 is 10.6 Å². The van der Waals surface area contributed by atoms with Gasteiger partial charge in [0, 0.05) is 37.2 Å². The molecule has 0 bridgehead atoms. The standard InChI is InChI=1S/C18H29ClN4O.HI/c1-13(23-9-10-24-12-14(23)2)11-21-18(20-4)22-15(3)16-7-5-6-8-17(16)19;/h5-8,13-15H,9-12H2,1-4H3,(H2,20,21,22);1H. The molecule has 1 heterocycles. The smallest absolute Gasteiger partial charge is 0.191 e. The monoisotopic (exact) mass is 480 g/mol. The van der Waals surface area contributed by atoms with Crippen LogP contribution >= 0.6 is 35.6 Å². The lowest BCUT2D eigenvalue weighted by Gasteiger charge is -2.38. The molecule has 1 aliphatic heterocycles. The molecule has 1 aliphatic rings. The zero-order valence-electron chi connectivity index (χ0n) is 15.5. The van der Waals surface area contributed by atoms with Crippen molar-refractivity contribution in [3.63, 3.8) is 0 Å². The molecule has 0 saturated carbocycles. The number of nitrogens with one attached hydrogen (secondary N) is 2. The van der Waals surface area contributed by atoms with Crippen molar-refractivity contribution in [1.29, 1.82) is 0 Å². The number of rotatable bonds is 5. The van der Waals surface area contributed by atoms with Crippen LogP contribution in [-0.2, 0) is 4.74 Å². The first-order valence-electron chi connectivity index (χ1n) is 8.58. The van der Waals surface area contributed by atoms with Gasteiger partial charge in [-0.2, -0.15) is 0 Å². The van der Waals surface area contributed by atoms with E-state index < -0.39 is 0 Å². The molecule has 7 heteroatoms. The van der Waals surface area contributed by atoms with E-state index in [2.05, 4.69) is 41.3 Å². The van der Waals surface area contributed by atoms with Crippen LogP contribution in [0, 0.1) is 0 Å². The summed E-state index contributed by atoms with van der Waals surface area (Å²) in [6, 6.07) is 8.83. The molecule has 1 aromatic rings. The summed E-state index contributed by atoms with van der Waals surface area (Å²) < 4.78 is 5.51. The zero-order chi connectivity index (χ0) is 17.5. The average Bonchev–Trinajstić information content (AvgIpc) is 2.58. The van der Waals surface area contributed by atoms with Crippen LogP contribution in [0.5, 0.6) is 0 Å². The lowest BCUT2D eigenvalue weighted by molar-refractivity contribution is -0.0174. The molecule has 5 nitrogen and oxygen atoms in total. The number of guanidine groups is 1. The lowest BCUT2D eigenvalue weighted by atomic mass is 10.1. The van der Waals surface area contributed by atoms with Gasteiger partial charge in [-0.3, -0.25) is 9.89 Å². The number of ether oxygens (including phenoxy) is 1. The van der Waals surface area contributed by atoms with Crippen LogP contribution in [0.1, 0.15) is 32.4 Å². The number of nitrogens with zero attached hydrogens (tertiary/aromatic N) is 2. The van der Waals surface area contributed by atoms with Crippen LogP contribution in [0.2, 0.25) is 5.02 Å². The Labute approximate surface area is 173 Å². The number of morpholine rings is 1. The first-order chi connectivity index (χ1) is 11.5. The van der Waals surface area contributed by atoms with Gasteiger partial charge in [-0.15, -0.1) is 24.0 Å². The number of hydrogen-bond donors (Lipinski definition) is 2. The lowest BCUT2D eigenvalue weighted by Crippen LogP contribution is -2.53. The van der Waals surface area contributed by atoms with Crippen molar-refractivity contribution < 1.29 is 4.74 Å². The van der Waals surface area contributed by atoms with Gasteiger partial charge in [-0.05, 0) is 32.4 Å². The van der Waals surface area contributed by atoms with E-state index in [0.717, 1.165) is 42.8 Å². The molecule has 1 aromatic carbocycles. The van der Waals surface area contributed by atoms with Crippen LogP contribution in [0.4, 0.5) is 0 Å². The molecule has 0 aromatic heterocycles. The van der Waals surface area contributed by atoms with Crippen molar-refractivity contribution in [2.24, 2.45) is 4.99 Å². The fraction of sp³-hybridized carbons (Fsp3) is 0.611. The van der Waals surface area contributed by atoms with Gasteiger partial charge in [0.2, 0.25) is 0 Å². The minimum atomic E-state index is 0. The Kier molecular flexibility index (Phi) is 10.1. The topological polar surface area (TPSA) is 48.9 Å². The zero-order valence-corrected chi connectivity index (χ0v) is 18.5. The normalized spacial score (nSPS) is 21.2. The molecule has 1 fully saturated rings. The van der Waals surface area contributed by atoms with Crippen molar-refractivity contribution in [2.45, 2.75) is 38.9 Å². The molecular formula is C18H30ClIN4O. The van der Waals surface area contributed by atoms with Gasteiger partial charge < -0.3 is 15.4 Å². The van der Waals surface area contributed by atoms with Crippen molar-refractivity contribution in [3.8, 4) is 0 Å². The minimum Gasteiger partial charge on any atom is -0.379 e. The minimum absolute atomic E-state index is 0. The third-order valence-corrected chi connectivity index (χ3v) is 4.84. The Morgan fingerprint density at radius 1 is 1.40 bits per heavy atom. The van der Waals surface area contributed by atoms with E-state index >= 15 is 0 Å². The molecule has 0 amide bonds. The maximum Gasteiger partial charge on any atom is 0.191 e. The van der Waals surface area contributed by atoms with Crippen LogP contribution in [0.15, 0.2) is 29.3 Å². The molecule has 0 spiro atoms. The highest BCUT2D eigenvalue weighted by Gasteiger charge is 2.23. The van der Waals surface area contributed by atoms with Crippen molar-refractivity contribution in [1.82, 2.24) is 15.5 Å². The maximum atomic E-state index is 6.27. The summed E-state index contributed by atoms with van der Waals surface area (Å²) in [6.45, 7) is 9.96. The number of halogens is 2. The summed E-state index contributed by atoms with van der Waals surface area (Å²) in [7, 11) is 1.79. The summed E-state index contributed by atoms with van der Waals surface area (Å²) in [5, 5.41) is 7.59. The highest BCUT2D eigenvalue weighted by atomic mass is 127. The van der Waals surface area contributed by atoms with Crippen LogP contribution in [-0.4, -0.2) is 56.3 Å². The summed E-state index contributed by atoms with van der Waals surface area (Å²) in [6.07, 6.45) is 0. The van der Waals surface area contributed by atoms with Gasteiger partial charge in [0.25, 0.3) is 0 Å². The second-order valence-corrected chi connectivity index (χ2v) is 6.76. The number of hydrogen-bond acceptors (Lipinski definition) is 3. The number of benzene rings is 1. The van der Waals surface area contributed by atoms with Crippen LogP contribution in [0.3, 0.4) is 0 Å². The summed E-state index contributed by atoms with van der Waals surface area (Å²) in [4.78, 5) is 6.80. The van der Waals surface area contributed by atoms with Gasteiger partial charge in [-0.1, -0.05) is 29.8 Å².